The Balaban J connectivity index is 1.92. The molecule has 0 saturated carbocycles. The Morgan fingerprint density at radius 2 is 1.33 bits per heavy atom. The van der Waals surface area contributed by atoms with E-state index in [-0.39, 0.29) is 36.4 Å². The number of carbonyl (C=O) groups excluding carboxylic acids is 2. The Morgan fingerprint density at radius 1 is 0.792 bits per heavy atom. The van der Waals surface area contributed by atoms with E-state index in [1.54, 1.807) is 35.2 Å². The number of sulfonamides is 2. The number of nitrogens with two attached hydrogens (primary N) is 1. The van der Waals surface area contributed by atoms with E-state index in [1.165, 1.54) is 11.1 Å². The number of aliphatic hydroxyl groups is 1. The van der Waals surface area contributed by atoms with Crippen molar-refractivity contribution in [1.82, 2.24) is 20.1 Å². The number of benzene rings is 3. The zero-order chi connectivity index (χ0) is 35.3. The maximum Gasteiger partial charge on any atom is 0.253 e. The molecule has 14 heteroatoms. The molecule has 3 aromatic rings. The van der Waals surface area contributed by atoms with E-state index in [2.05, 4.69) is 10.1 Å². The van der Waals surface area contributed by atoms with Crippen molar-refractivity contribution in [2.24, 2.45) is 5.14 Å². The zero-order valence-corrected chi connectivity index (χ0v) is 29.3. The fraction of sp³-hybridized carbons (Fsp3) is 0.412. The lowest BCUT2D eigenvalue weighted by atomic mass is 10.00. The molecule has 2 unspecified atom stereocenters. The summed E-state index contributed by atoms with van der Waals surface area (Å²) in [5.74, 6) is -1.43. The third-order valence-corrected chi connectivity index (χ3v) is 9.61. The first-order valence-electron chi connectivity index (χ1n) is 16.0. The molecule has 0 fully saturated rings. The average molecular weight is 702 g/mol. The number of aliphatic hydroxyl groups excluding tert-OH is 1. The maximum atomic E-state index is 13.8. The molecular weight excluding hydrogens is 655 g/mol. The second-order valence-electron chi connectivity index (χ2n) is 11.7. The largest absolute Gasteiger partial charge is 0.390 e. The highest BCUT2D eigenvalue weighted by Crippen LogP contribution is 2.18. The van der Waals surface area contributed by atoms with Gasteiger partial charge < -0.3 is 15.3 Å². The van der Waals surface area contributed by atoms with Gasteiger partial charge in [-0.05, 0) is 55.0 Å². The summed E-state index contributed by atoms with van der Waals surface area (Å²) in [5.41, 5.74) is 1.26. The number of carbonyl (C=O) groups is 2. The fourth-order valence-corrected chi connectivity index (χ4v) is 7.12. The van der Waals surface area contributed by atoms with E-state index >= 15 is 0 Å². The Bertz CT molecular complexity index is 1700. The number of hydrogen-bond acceptors (Lipinski definition) is 8. The summed E-state index contributed by atoms with van der Waals surface area (Å²) in [4.78, 5) is 30.9. The molecule has 3 aromatic carbocycles. The van der Waals surface area contributed by atoms with Gasteiger partial charge in [-0.2, -0.15) is 0 Å². The van der Waals surface area contributed by atoms with E-state index in [0.29, 0.717) is 37.9 Å². The lowest BCUT2D eigenvalue weighted by molar-refractivity contribution is 0.0618. The van der Waals surface area contributed by atoms with Crippen LogP contribution in [0.2, 0.25) is 0 Å². The minimum absolute atomic E-state index is 0.00400. The molecule has 2 atom stereocenters. The zero-order valence-electron chi connectivity index (χ0n) is 27.7. The SMILES string of the molecule is CCCN(CC(O)C(Cc1ccccc1)NC(=O)c1cc(C(=O)N(CCC)CCC)cc(S(N)(=O)=O)c1)NS(=O)(=O)Cc1ccccc1. The van der Waals surface area contributed by atoms with Crippen molar-refractivity contribution in [1.29, 1.82) is 0 Å². The highest BCUT2D eigenvalue weighted by atomic mass is 32.2. The third kappa shape index (κ3) is 12.1. The van der Waals surface area contributed by atoms with Gasteiger partial charge in [0.05, 0.1) is 22.8 Å². The van der Waals surface area contributed by atoms with Gasteiger partial charge in [0.15, 0.2) is 0 Å². The van der Waals surface area contributed by atoms with Crippen LogP contribution in [-0.4, -0.2) is 82.0 Å². The molecule has 0 spiro atoms. The Morgan fingerprint density at radius 3 is 1.88 bits per heavy atom. The smallest absolute Gasteiger partial charge is 0.253 e. The van der Waals surface area contributed by atoms with Crippen molar-refractivity contribution in [3.05, 3.63) is 101 Å². The van der Waals surface area contributed by atoms with Crippen molar-refractivity contribution in [3.63, 3.8) is 0 Å². The second-order valence-corrected chi connectivity index (χ2v) is 15.0. The predicted octanol–water partition coefficient (Wildman–Crippen LogP) is 3.04. The third-order valence-electron chi connectivity index (χ3n) is 7.47. The molecule has 0 aliphatic carbocycles. The molecule has 0 saturated heterocycles. The molecule has 12 nitrogen and oxygen atoms in total. The topological polar surface area (TPSA) is 179 Å². The standard InChI is InChI=1S/C34H47N5O7S2/c1-4-17-38(18-5-2)34(42)29-21-28(22-30(23-29)48(35,45)46)33(41)36-31(20-26-13-9-7-10-14-26)32(40)24-39(19-6-3)37-47(43,44)25-27-15-11-8-12-16-27/h7-16,21-23,31-32,37,40H,4-6,17-20,24-25H2,1-3H3,(H,36,41)(H2,35,45,46). The Labute approximate surface area is 284 Å². The minimum Gasteiger partial charge on any atom is -0.390 e. The molecule has 5 N–H and O–H groups in total. The van der Waals surface area contributed by atoms with Crippen LogP contribution in [0.3, 0.4) is 0 Å². The highest BCUT2D eigenvalue weighted by Gasteiger charge is 2.28. The van der Waals surface area contributed by atoms with Gasteiger partial charge in [0.1, 0.15) is 0 Å². The molecule has 262 valence electrons. The molecule has 2 amide bonds. The van der Waals surface area contributed by atoms with Crippen molar-refractivity contribution in [2.45, 2.75) is 69.2 Å². The van der Waals surface area contributed by atoms with Crippen molar-refractivity contribution in [3.8, 4) is 0 Å². The van der Waals surface area contributed by atoms with E-state index in [9.17, 15) is 31.5 Å². The van der Waals surface area contributed by atoms with Crippen LogP contribution in [0.1, 0.15) is 71.9 Å². The van der Waals surface area contributed by atoms with Gasteiger partial charge in [-0.15, -0.1) is 4.83 Å². The highest BCUT2D eigenvalue weighted by molar-refractivity contribution is 7.89. The van der Waals surface area contributed by atoms with Gasteiger partial charge >= 0.3 is 0 Å². The number of amides is 2. The molecule has 0 radical (unpaired) electrons. The number of primary sulfonamides is 1. The van der Waals surface area contributed by atoms with Crippen LogP contribution in [0.15, 0.2) is 83.8 Å². The van der Waals surface area contributed by atoms with Crippen LogP contribution >= 0.6 is 0 Å². The van der Waals surface area contributed by atoms with E-state index in [1.807, 2.05) is 51.1 Å². The lowest BCUT2D eigenvalue weighted by Crippen LogP contribution is -2.53. The van der Waals surface area contributed by atoms with Crippen LogP contribution in [0.5, 0.6) is 0 Å². The summed E-state index contributed by atoms with van der Waals surface area (Å²) in [6.07, 6.45) is 0.841. The minimum atomic E-state index is -4.29. The summed E-state index contributed by atoms with van der Waals surface area (Å²) in [7, 11) is -8.12. The second kappa shape index (κ2) is 18.2. The normalized spacial score (nSPS) is 13.2. The molecule has 0 aromatic heterocycles. The number of nitrogens with zero attached hydrogens (tertiary/aromatic N) is 2. The van der Waals surface area contributed by atoms with Gasteiger partial charge in [0.2, 0.25) is 20.0 Å². The summed E-state index contributed by atoms with van der Waals surface area (Å²) in [6, 6.07) is 20.4. The number of nitrogens with one attached hydrogen (secondary N) is 2. The maximum absolute atomic E-state index is 13.8. The van der Waals surface area contributed by atoms with Gasteiger partial charge in [-0.3, -0.25) is 9.59 Å². The van der Waals surface area contributed by atoms with Crippen molar-refractivity contribution in [2.75, 3.05) is 26.2 Å². The molecule has 0 bridgehead atoms. The molecule has 48 heavy (non-hydrogen) atoms. The van der Waals surface area contributed by atoms with Crippen LogP contribution in [0.25, 0.3) is 0 Å². The van der Waals surface area contributed by atoms with Gasteiger partial charge in [0.25, 0.3) is 11.8 Å². The molecule has 0 aliphatic heterocycles. The van der Waals surface area contributed by atoms with Crippen molar-refractivity contribution >= 4 is 31.9 Å². The average Bonchev–Trinajstić information content (AvgIpc) is 3.04. The first-order valence-corrected chi connectivity index (χ1v) is 19.2. The first kappa shape index (κ1) is 38.8. The predicted molar refractivity (Wildman–Crippen MR) is 186 cm³/mol. The number of hydrogen-bond donors (Lipinski definition) is 4. The summed E-state index contributed by atoms with van der Waals surface area (Å²) < 4.78 is 50.9. The molecule has 0 heterocycles. The fourth-order valence-electron chi connectivity index (χ4n) is 5.28. The Kier molecular flexibility index (Phi) is 14.7. The van der Waals surface area contributed by atoms with Crippen LogP contribution < -0.4 is 15.3 Å². The van der Waals surface area contributed by atoms with Crippen LogP contribution in [0.4, 0.5) is 0 Å². The van der Waals surface area contributed by atoms with Crippen LogP contribution in [0, 0.1) is 0 Å². The van der Waals surface area contributed by atoms with Crippen LogP contribution in [-0.2, 0) is 32.2 Å². The number of hydrazine groups is 1. The molecular formula is C34H47N5O7S2. The summed E-state index contributed by atoms with van der Waals surface area (Å²) in [6.45, 7) is 6.72. The Hall–Kier alpha value is -3.66. The van der Waals surface area contributed by atoms with E-state index in [0.717, 1.165) is 17.7 Å². The number of rotatable bonds is 19. The first-order chi connectivity index (χ1) is 22.8. The molecule has 3 rings (SSSR count). The summed E-state index contributed by atoms with van der Waals surface area (Å²) in [5, 5.41) is 21.1. The van der Waals surface area contributed by atoms with E-state index in [4.69, 9.17) is 5.14 Å². The van der Waals surface area contributed by atoms with Gasteiger partial charge in [0, 0.05) is 37.3 Å². The summed E-state index contributed by atoms with van der Waals surface area (Å²) >= 11 is 0. The monoisotopic (exact) mass is 701 g/mol. The molecule has 0 aliphatic rings. The van der Waals surface area contributed by atoms with Gasteiger partial charge in [-0.1, -0.05) is 81.4 Å². The quantitative estimate of drug-likeness (QED) is 0.138. The lowest BCUT2D eigenvalue weighted by Gasteiger charge is -2.30. The van der Waals surface area contributed by atoms with E-state index < -0.39 is 48.9 Å². The van der Waals surface area contributed by atoms with Crippen molar-refractivity contribution < 1.29 is 31.5 Å². The van der Waals surface area contributed by atoms with Gasteiger partial charge in [-0.25, -0.2) is 27.0 Å².